The molecule has 1 unspecified atom stereocenters. The number of benzene rings is 1. The molecule has 1 aliphatic rings. The van der Waals surface area contributed by atoms with Gasteiger partial charge in [-0.05, 0) is 23.8 Å². The quantitative estimate of drug-likeness (QED) is 0.747. The minimum absolute atomic E-state index is 0.220. The highest BCUT2D eigenvalue weighted by Crippen LogP contribution is 2.36. The highest BCUT2D eigenvalue weighted by Gasteiger charge is 2.32. The van der Waals surface area contributed by atoms with Gasteiger partial charge in [-0.1, -0.05) is 0 Å². The molecule has 0 spiro atoms. The Bertz CT molecular complexity index is 539. The van der Waals surface area contributed by atoms with Gasteiger partial charge in [-0.25, -0.2) is 0 Å². The lowest BCUT2D eigenvalue weighted by molar-refractivity contribution is -0.138. The van der Waals surface area contributed by atoms with Crippen LogP contribution in [-0.4, -0.2) is 22.9 Å². The number of carboxylic acids is 1. The summed E-state index contributed by atoms with van der Waals surface area (Å²) in [5.74, 6) is -2.28. The number of anilines is 2. The Hall–Kier alpha value is -2.37. The molecule has 2 rings (SSSR count). The monoisotopic (exact) mass is 248 g/mol. The van der Waals surface area contributed by atoms with E-state index in [0.29, 0.717) is 16.9 Å². The molecule has 1 aliphatic heterocycles. The Morgan fingerprint density at radius 3 is 2.78 bits per heavy atom. The number of hydrogen-bond acceptors (Lipinski definition) is 3. The van der Waals surface area contributed by atoms with Gasteiger partial charge in [0.15, 0.2) is 0 Å². The number of aliphatic carboxylic acids is 1. The van der Waals surface area contributed by atoms with Crippen LogP contribution in [0.3, 0.4) is 0 Å². The molecular formula is C12H12N2O4. The Labute approximate surface area is 103 Å². The van der Waals surface area contributed by atoms with Gasteiger partial charge in [0.2, 0.25) is 11.8 Å². The molecule has 18 heavy (non-hydrogen) atoms. The second-order valence-corrected chi connectivity index (χ2v) is 4.12. The van der Waals surface area contributed by atoms with Crippen molar-refractivity contribution in [2.75, 3.05) is 10.6 Å². The molecule has 0 fully saturated rings. The van der Waals surface area contributed by atoms with Crippen molar-refractivity contribution < 1.29 is 19.5 Å². The van der Waals surface area contributed by atoms with Crippen LogP contribution in [0, 0.1) is 0 Å². The van der Waals surface area contributed by atoms with Gasteiger partial charge in [0.05, 0.1) is 12.3 Å². The van der Waals surface area contributed by atoms with E-state index in [4.69, 9.17) is 5.11 Å². The van der Waals surface area contributed by atoms with Crippen molar-refractivity contribution in [3.63, 3.8) is 0 Å². The SMILES string of the molecule is CC(=O)Nc1ccc2c(c1)C(CC(=O)O)C(=O)N2. The lowest BCUT2D eigenvalue weighted by Crippen LogP contribution is -2.15. The fraction of sp³-hybridized carbons (Fsp3) is 0.250. The molecular weight excluding hydrogens is 236 g/mol. The third-order valence-electron chi connectivity index (χ3n) is 2.70. The normalized spacial score (nSPS) is 16.9. The zero-order valence-corrected chi connectivity index (χ0v) is 9.69. The van der Waals surface area contributed by atoms with E-state index in [1.54, 1.807) is 18.2 Å². The number of fused-ring (bicyclic) bond motifs is 1. The summed E-state index contributed by atoms with van der Waals surface area (Å²) in [6.07, 6.45) is -0.262. The van der Waals surface area contributed by atoms with E-state index < -0.39 is 11.9 Å². The maximum absolute atomic E-state index is 11.6. The number of carbonyl (C=O) groups excluding carboxylic acids is 2. The third kappa shape index (κ3) is 2.32. The average Bonchev–Trinajstić information content (AvgIpc) is 2.54. The summed E-state index contributed by atoms with van der Waals surface area (Å²) < 4.78 is 0. The Morgan fingerprint density at radius 1 is 1.44 bits per heavy atom. The van der Waals surface area contributed by atoms with Crippen LogP contribution >= 0.6 is 0 Å². The summed E-state index contributed by atoms with van der Waals surface area (Å²) in [6, 6.07) is 4.94. The van der Waals surface area contributed by atoms with Crippen LogP contribution in [-0.2, 0) is 14.4 Å². The summed E-state index contributed by atoms with van der Waals surface area (Å²) in [5.41, 5.74) is 1.75. The van der Waals surface area contributed by atoms with Crippen LogP contribution in [0.1, 0.15) is 24.8 Å². The second-order valence-electron chi connectivity index (χ2n) is 4.12. The standard InChI is InChI=1S/C12H12N2O4/c1-6(15)13-7-2-3-10-8(4-7)9(5-11(16)17)12(18)14-10/h2-4,9H,5H2,1H3,(H,13,15)(H,14,18)(H,16,17). The molecule has 6 nitrogen and oxygen atoms in total. The summed E-state index contributed by atoms with van der Waals surface area (Å²) in [7, 11) is 0. The number of amides is 2. The van der Waals surface area contributed by atoms with Crippen LogP contribution in [0.15, 0.2) is 18.2 Å². The van der Waals surface area contributed by atoms with E-state index >= 15 is 0 Å². The molecule has 1 atom stereocenters. The fourth-order valence-corrected chi connectivity index (χ4v) is 1.98. The molecule has 0 aliphatic carbocycles. The molecule has 0 saturated heterocycles. The van der Waals surface area contributed by atoms with E-state index in [-0.39, 0.29) is 18.2 Å². The minimum atomic E-state index is -1.03. The molecule has 1 aromatic carbocycles. The summed E-state index contributed by atoms with van der Waals surface area (Å²) in [5, 5.41) is 14.0. The molecule has 0 bridgehead atoms. The Balaban J connectivity index is 2.33. The first-order valence-electron chi connectivity index (χ1n) is 5.41. The minimum Gasteiger partial charge on any atom is -0.481 e. The zero-order valence-electron chi connectivity index (χ0n) is 9.69. The highest BCUT2D eigenvalue weighted by atomic mass is 16.4. The Kier molecular flexibility index (Phi) is 3.01. The maximum Gasteiger partial charge on any atom is 0.304 e. The number of carboxylic acid groups (broad SMARTS) is 1. The van der Waals surface area contributed by atoms with Gasteiger partial charge in [-0.15, -0.1) is 0 Å². The van der Waals surface area contributed by atoms with Gasteiger partial charge in [0.1, 0.15) is 0 Å². The van der Waals surface area contributed by atoms with Crippen LogP contribution in [0.2, 0.25) is 0 Å². The van der Waals surface area contributed by atoms with E-state index in [1.807, 2.05) is 0 Å². The van der Waals surface area contributed by atoms with Gasteiger partial charge >= 0.3 is 5.97 Å². The Morgan fingerprint density at radius 2 is 2.17 bits per heavy atom. The summed E-state index contributed by atoms with van der Waals surface area (Å²) in [6.45, 7) is 1.38. The molecule has 6 heteroatoms. The predicted octanol–water partition coefficient (Wildman–Crippen LogP) is 1.16. The lowest BCUT2D eigenvalue weighted by atomic mass is 9.97. The van der Waals surface area contributed by atoms with Crippen molar-refractivity contribution in [1.29, 1.82) is 0 Å². The number of nitrogens with one attached hydrogen (secondary N) is 2. The zero-order chi connectivity index (χ0) is 13.3. The van der Waals surface area contributed by atoms with E-state index in [1.165, 1.54) is 6.92 Å². The van der Waals surface area contributed by atoms with Gasteiger partial charge in [-0.3, -0.25) is 14.4 Å². The van der Waals surface area contributed by atoms with Crippen LogP contribution in [0.5, 0.6) is 0 Å². The van der Waals surface area contributed by atoms with Crippen molar-refractivity contribution in [3.8, 4) is 0 Å². The molecule has 2 amide bonds. The van der Waals surface area contributed by atoms with Gasteiger partial charge < -0.3 is 15.7 Å². The van der Waals surface area contributed by atoms with E-state index in [2.05, 4.69) is 10.6 Å². The topological polar surface area (TPSA) is 95.5 Å². The predicted molar refractivity (Wildman–Crippen MR) is 64.4 cm³/mol. The van der Waals surface area contributed by atoms with Crippen molar-refractivity contribution >= 4 is 29.2 Å². The van der Waals surface area contributed by atoms with Gasteiger partial charge in [0, 0.05) is 18.3 Å². The first-order valence-corrected chi connectivity index (χ1v) is 5.41. The van der Waals surface area contributed by atoms with E-state index in [0.717, 1.165) is 0 Å². The van der Waals surface area contributed by atoms with Crippen molar-refractivity contribution in [3.05, 3.63) is 23.8 Å². The maximum atomic E-state index is 11.6. The largest absolute Gasteiger partial charge is 0.481 e. The van der Waals surface area contributed by atoms with Crippen molar-refractivity contribution in [2.45, 2.75) is 19.3 Å². The number of hydrogen-bond donors (Lipinski definition) is 3. The first-order chi connectivity index (χ1) is 8.47. The molecule has 0 radical (unpaired) electrons. The first kappa shape index (κ1) is 12.1. The fourth-order valence-electron chi connectivity index (χ4n) is 1.98. The molecule has 94 valence electrons. The smallest absolute Gasteiger partial charge is 0.304 e. The van der Waals surface area contributed by atoms with Crippen molar-refractivity contribution in [2.24, 2.45) is 0 Å². The number of carbonyl (C=O) groups is 3. The number of rotatable bonds is 3. The van der Waals surface area contributed by atoms with Crippen LogP contribution in [0.25, 0.3) is 0 Å². The summed E-state index contributed by atoms with van der Waals surface area (Å²) in [4.78, 5) is 33.3. The molecule has 3 N–H and O–H groups in total. The van der Waals surface area contributed by atoms with Gasteiger partial charge in [-0.2, -0.15) is 0 Å². The van der Waals surface area contributed by atoms with Crippen LogP contribution in [0.4, 0.5) is 11.4 Å². The van der Waals surface area contributed by atoms with Crippen LogP contribution < -0.4 is 10.6 Å². The molecule has 0 aromatic heterocycles. The second kappa shape index (κ2) is 4.48. The summed E-state index contributed by atoms with van der Waals surface area (Å²) >= 11 is 0. The molecule has 1 aromatic rings. The van der Waals surface area contributed by atoms with Crippen molar-refractivity contribution in [1.82, 2.24) is 0 Å². The average molecular weight is 248 g/mol. The molecule has 0 saturated carbocycles. The molecule has 1 heterocycles. The van der Waals surface area contributed by atoms with E-state index in [9.17, 15) is 14.4 Å². The highest BCUT2D eigenvalue weighted by molar-refractivity contribution is 6.05. The lowest BCUT2D eigenvalue weighted by Gasteiger charge is -2.08. The third-order valence-corrected chi connectivity index (χ3v) is 2.70. The van der Waals surface area contributed by atoms with Gasteiger partial charge in [0.25, 0.3) is 0 Å².